The first-order chi connectivity index (χ1) is 17.4. The quantitative estimate of drug-likeness (QED) is 0.482. The van der Waals surface area contributed by atoms with E-state index in [1.807, 2.05) is 19.1 Å². The summed E-state index contributed by atoms with van der Waals surface area (Å²) in [6.07, 6.45) is 1.39. The Kier molecular flexibility index (Phi) is 6.74. The summed E-state index contributed by atoms with van der Waals surface area (Å²) in [5.41, 5.74) is -3.48. The number of carbonyl (C=O) groups excluding carboxylic acids is 3. The highest BCUT2D eigenvalue weighted by Gasteiger charge is 2.47. The van der Waals surface area contributed by atoms with Gasteiger partial charge in [0.25, 0.3) is 21.7 Å². The molecule has 0 saturated carbocycles. The van der Waals surface area contributed by atoms with Crippen LogP contribution in [0, 0.1) is 6.92 Å². The second kappa shape index (κ2) is 9.65. The van der Waals surface area contributed by atoms with Crippen molar-refractivity contribution < 1.29 is 36.0 Å². The Morgan fingerprint density at radius 3 is 2.38 bits per heavy atom. The van der Waals surface area contributed by atoms with Gasteiger partial charge in [0.15, 0.2) is 0 Å². The average molecular weight is 533 g/mol. The van der Waals surface area contributed by atoms with Crippen LogP contribution in [0.4, 0.5) is 29.3 Å². The number of pyridine rings is 1. The Morgan fingerprint density at radius 2 is 1.73 bits per heavy atom. The van der Waals surface area contributed by atoms with E-state index in [2.05, 4.69) is 10.3 Å². The van der Waals surface area contributed by atoms with Crippen molar-refractivity contribution in [1.82, 2.24) is 9.88 Å². The summed E-state index contributed by atoms with van der Waals surface area (Å²) in [6.45, 7) is 1.47. The van der Waals surface area contributed by atoms with E-state index in [1.54, 1.807) is 18.2 Å². The first-order valence-electron chi connectivity index (χ1n) is 10.7. The van der Waals surface area contributed by atoms with Crippen LogP contribution in [0.2, 0.25) is 0 Å². The van der Waals surface area contributed by atoms with Gasteiger partial charge in [-0.2, -0.15) is 13.2 Å². The van der Waals surface area contributed by atoms with Crippen LogP contribution < -0.4 is 10.2 Å². The Bertz CT molecular complexity index is 1490. The van der Waals surface area contributed by atoms with E-state index in [1.165, 1.54) is 17.2 Å². The van der Waals surface area contributed by atoms with E-state index in [4.69, 9.17) is 0 Å². The molecule has 0 atom stereocenters. The minimum absolute atomic E-state index is 0.0469. The highest BCUT2D eigenvalue weighted by molar-refractivity contribution is 7.92. The summed E-state index contributed by atoms with van der Waals surface area (Å²) in [5, 5.41) is 2.76. The van der Waals surface area contributed by atoms with E-state index >= 15 is 0 Å². The van der Waals surface area contributed by atoms with Gasteiger partial charge in [-0.05, 0) is 60.5 Å². The number of sulfone groups is 1. The molecule has 0 unspecified atom stereocenters. The van der Waals surface area contributed by atoms with E-state index in [-0.39, 0.29) is 24.5 Å². The molecular weight excluding hydrogens is 513 g/mol. The van der Waals surface area contributed by atoms with Crippen molar-refractivity contribution in [3.63, 3.8) is 0 Å². The third-order valence-corrected chi connectivity index (χ3v) is 7.07. The lowest BCUT2D eigenvalue weighted by atomic mass is 10.2. The normalized spacial score (nSPS) is 14.3. The molecule has 1 saturated heterocycles. The molecule has 1 aliphatic heterocycles. The molecule has 37 heavy (non-hydrogen) atoms. The van der Waals surface area contributed by atoms with E-state index in [0.717, 1.165) is 22.6 Å². The number of hydrogen-bond acceptors (Lipinski definition) is 6. The fraction of sp³-hybridized carbons (Fsp3) is 0.167. The van der Waals surface area contributed by atoms with Crippen molar-refractivity contribution in [2.45, 2.75) is 23.9 Å². The molecule has 0 spiro atoms. The van der Waals surface area contributed by atoms with E-state index < -0.39 is 38.1 Å². The minimum atomic E-state index is -5.57. The number of alkyl halides is 3. The number of urea groups is 1. The third-order valence-electron chi connectivity index (χ3n) is 5.57. The average Bonchev–Trinajstić information content (AvgIpc) is 3.12. The molecule has 1 aromatic heterocycles. The van der Waals surface area contributed by atoms with Gasteiger partial charge in [0.2, 0.25) is 0 Å². The van der Waals surface area contributed by atoms with Gasteiger partial charge in [-0.15, -0.1) is 0 Å². The zero-order valence-electron chi connectivity index (χ0n) is 19.2. The van der Waals surface area contributed by atoms with Crippen LogP contribution in [-0.4, -0.2) is 48.2 Å². The number of imide groups is 1. The van der Waals surface area contributed by atoms with Crippen LogP contribution in [0.5, 0.6) is 0 Å². The third kappa shape index (κ3) is 5.16. The Labute approximate surface area is 209 Å². The first-order valence-corrected chi connectivity index (χ1v) is 12.2. The molecule has 4 rings (SSSR count). The van der Waals surface area contributed by atoms with Gasteiger partial charge in [0.1, 0.15) is 12.2 Å². The van der Waals surface area contributed by atoms with E-state index in [9.17, 15) is 36.0 Å². The molecule has 2 heterocycles. The van der Waals surface area contributed by atoms with Crippen molar-refractivity contribution in [2.75, 3.05) is 16.8 Å². The lowest BCUT2D eigenvalue weighted by Crippen LogP contribution is -2.33. The molecular formula is C24H19F3N4O5S. The standard InChI is InChI=1S/C24H19F3N4O5S/c1-15-4-2-3-5-19(15)29-22(33)20-12-16(10-11-28-20)13-30-14-21(32)31(23(30)34)17-6-8-18(9-7-17)37(35,36)24(25,26)27/h2-12H,13-14H2,1H3,(H,29,33). The van der Waals surface area contributed by atoms with Crippen LogP contribution in [-0.2, 0) is 21.2 Å². The SMILES string of the molecule is Cc1ccccc1NC(=O)c1cc(CN2CC(=O)N(c3ccc(S(=O)(=O)C(F)(F)F)cc3)C2=O)ccn1. The Balaban J connectivity index is 1.48. The number of amides is 4. The van der Waals surface area contributed by atoms with E-state index in [0.29, 0.717) is 23.4 Å². The van der Waals surface area contributed by atoms with Crippen LogP contribution in [0.15, 0.2) is 71.8 Å². The van der Waals surface area contributed by atoms with Crippen LogP contribution in [0.25, 0.3) is 0 Å². The Morgan fingerprint density at radius 1 is 1.05 bits per heavy atom. The lowest BCUT2D eigenvalue weighted by molar-refractivity contribution is -0.116. The predicted octanol–water partition coefficient (Wildman–Crippen LogP) is 3.90. The van der Waals surface area contributed by atoms with Gasteiger partial charge in [0, 0.05) is 18.4 Å². The molecule has 1 fully saturated rings. The summed E-state index contributed by atoms with van der Waals surface area (Å²) >= 11 is 0. The van der Waals surface area contributed by atoms with Crippen LogP contribution >= 0.6 is 0 Å². The van der Waals surface area contributed by atoms with Gasteiger partial charge in [0.05, 0.1) is 10.6 Å². The number of hydrogen-bond donors (Lipinski definition) is 1. The van der Waals surface area contributed by atoms with Crippen molar-refractivity contribution in [3.8, 4) is 0 Å². The number of rotatable bonds is 6. The maximum Gasteiger partial charge on any atom is 0.501 e. The number of anilines is 2. The number of para-hydroxylation sites is 1. The second-order valence-electron chi connectivity index (χ2n) is 8.13. The smallest absolute Gasteiger partial charge is 0.320 e. The van der Waals surface area contributed by atoms with Crippen LogP contribution in [0.3, 0.4) is 0 Å². The molecule has 0 bridgehead atoms. The molecule has 0 radical (unpaired) electrons. The monoisotopic (exact) mass is 532 g/mol. The zero-order chi connectivity index (χ0) is 27.0. The summed E-state index contributed by atoms with van der Waals surface area (Å²) in [4.78, 5) is 43.0. The number of nitrogens with zero attached hydrogens (tertiary/aromatic N) is 3. The van der Waals surface area contributed by atoms with Crippen molar-refractivity contribution >= 4 is 39.1 Å². The number of benzene rings is 2. The molecule has 3 aromatic rings. The summed E-state index contributed by atoms with van der Waals surface area (Å²) in [6, 6.07) is 12.8. The van der Waals surface area contributed by atoms with Gasteiger partial charge >= 0.3 is 11.5 Å². The zero-order valence-corrected chi connectivity index (χ0v) is 20.0. The maximum absolute atomic E-state index is 12.9. The highest BCUT2D eigenvalue weighted by atomic mass is 32.2. The first kappa shape index (κ1) is 25.8. The molecule has 4 amide bonds. The highest BCUT2D eigenvalue weighted by Crippen LogP contribution is 2.32. The summed E-state index contributed by atoms with van der Waals surface area (Å²) < 4.78 is 61.4. The van der Waals surface area contributed by atoms with Crippen molar-refractivity contribution in [2.24, 2.45) is 0 Å². The van der Waals surface area contributed by atoms with Gasteiger partial charge in [-0.3, -0.25) is 14.6 Å². The number of aryl methyl sites for hydroxylation is 1. The summed E-state index contributed by atoms with van der Waals surface area (Å²) in [5.74, 6) is -1.11. The molecule has 13 heteroatoms. The van der Waals surface area contributed by atoms with Crippen molar-refractivity contribution in [3.05, 3.63) is 83.7 Å². The number of nitrogens with one attached hydrogen (secondary N) is 1. The molecule has 9 nitrogen and oxygen atoms in total. The Hall–Kier alpha value is -4.26. The summed E-state index contributed by atoms with van der Waals surface area (Å²) in [7, 11) is -5.57. The van der Waals surface area contributed by atoms with Gasteiger partial charge in [-0.1, -0.05) is 18.2 Å². The maximum atomic E-state index is 12.9. The fourth-order valence-corrected chi connectivity index (χ4v) is 4.41. The number of carbonyl (C=O) groups is 3. The van der Waals surface area contributed by atoms with Crippen LogP contribution in [0.1, 0.15) is 21.6 Å². The second-order valence-corrected chi connectivity index (χ2v) is 10.1. The predicted molar refractivity (Wildman–Crippen MR) is 126 cm³/mol. The van der Waals surface area contributed by atoms with Gasteiger partial charge < -0.3 is 10.2 Å². The lowest BCUT2D eigenvalue weighted by Gasteiger charge is -2.18. The molecule has 2 aromatic carbocycles. The number of aromatic nitrogens is 1. The number of halogens is 3. The molecule has 1 aliphatic rings. The molecule has 192 valence electrons. The molecule has 1 N–H and O–H groups in total. The van der Waals surface area contributed by atoms with Gasteiger partial charge in [-0.25, -0.2) is 18.1 Å². The van der Waals surface area contributed by atoms with Crippen molar-refractivity contribution in [1.29, 1.82) is 0 Å². The minimum Gasteiger partial charge on any atom is -0.320 e. The largest absolute Gasteiger partial charge is 0.501 e. The topological polar surface area (TPSA) is 117 Å². The molecule has 0 aliphatic carbocycles. The fourth-order valence-electron chi connectivity index (χ4n) is 3.65.